The molecule has 1 amide bonds. The van der Waals surface area contributed by atoms with Crippen LogP contribution in [0.5, 0.6) is 0 Å². The Morgan fingerprint density at radius 1 is 1.37 bits per heavy atom. The van der Waals surface area contributed by atoms with Gasteiger partial charge in [-0.1, -0.05) is 6.07 Å². The topological polar surface area (TPSA) is 88.6 Å². The zero-order valence-corrected chi connectivity index (χ0v) is 16.4. The van der Waals surface area contributed by atoms with E-state index in [2.05, 4.69) is 9.71 Å². The number of rotatable bonds is 5. The number of nitrogens with one attached hydrogen (secondary N) is 1. The number of benzene rings is 1. The number of aromatic nitrogens is 1. The molecular formula is C18H21N3O4S2. The lowest BCUT2D eigenvalue weighted by atomic mass is 10.00. The van der Waals surface area contributed by atoms with Gasteiger partial charge in [0.15, 0.2) is 0 Å². The van der Waals surface area contributed by atoms with Crippen LogP contribution in [0.4, 0.5) is 0 Å². The Bertz CT molecular complexity index is 922. The van der Waals surface area contributed by atoms with Crippen molar-refractivity contribution in [1.29, 1.82) is 0 Å². The molecule has 3 heterocycles. The van der Waals surface area contributed by atoms with E-state index in [9.17, 15) is 13.2 Å². The van der Waals surface area contributed by atoms with Crippen molar-refractivity contribution in [3.63, 3.8) is 0 Å². The minimum absolute atomic E-state index is 0.0392. The molecule has 27 heavy (non-hydrogen) atoms. The van der Waals surface area contributed by atoms with E-state index in [0.717, 1.165) is 24.0 Å². The van der Waals surface area contributed by atoms with Gasteiger partial charge in [-0.15, -0.1) is 11.3 Å². The maximum Gasteiger partial charge on any atom is 0.273 e. The van der Waals surface area contributed by atoms with E-state index in [4.69, 9.17) is 4.74 Å². The van der Waals surface area contributed by atoms with Crippen LogP contribution in [-0.2, 0) is 27.7 Å². The standard InChI is InChI=1S/C18H21N3O4S2/c22-18(17-11-26-12-19-17)21-6-5-13-8-16(4-3-14(13)10-21)27(23,24)20-9-15-2-1-7-25-15/h3-4,8,11-12,15,20H,1-2,5-7,9-10H2/t15-/m0/s1. The molecule has 0 saturated carbocycles. The Morgan fingerprint density at radius 3 is 3.00 bits per heavy atom. The highest BCUT2D eigenvalue weighted by atomic mass is 32.2. The zero-order chi connectivity index (χ0) is 18.9. The maximum atomic E-state index is 12.6. The number of sulfonamides is 1. The van der Waals surface area contributed by atoms with Gasteiger partial charge in [-0.3, -0.25) is 4.79 Å². The van der Waals surface area contributed by atoms with E-state index >= 15 is 0 Å². The zero-order valence-electron chi connectivity index (χ0n) is 14.8. The van der Waals surface area contributed by atoms with E-state index < -0.39 is 10.0 Å². The van der Waals surface area contributed by atoms with E-state index in [-0.39, 0.29) is 16.9 Å². The molecule has 2 aliphatic rings. The number of ether oxygens (including phenoxy) is 1. The van der Waals surface area contributed by atoms with Gasteiger partial charge in [-0.05, 0) is 42.5 Å². The molecule has 0 bridgehead atoms. The SMILES string of the molecule is O=C(c1cscn1)N1CCc2cc(S(=O)(=O)NC[C@@H]3CCCO3)ccc2C1. The van der Waals surface area contributed by atoms with Crippen LogP contribution >= 0.6 is 11.3 Å². The molecular weight excluding hydrogens is 386 g/mol. The molecule has 144 valence electrons. The highest BCUT2D eigenvalue weighted by Gasteiger charge is 2.25. The number of carbonyl (C=O) groups excluding carboxylic acids is 1. The summed E-state index contributed by atoms with van der Waals surface area (Å²) in [6, 6.07) is 5.13. The average molecular weight is 408 g/mol. The first kappa shape index (κ1) is 18.5. The molecule has 1 aromatic heterocycles. The molecule has 4 rings (SSSR count). The van der Waals surface area contributed by atoms with Crippen molar-refractivity contribution in [3.05, 3.63) is 45.9 Å². The normalized spacial score (nSPS) is 19.9. The van der Waals surface area contributed by atoms with Gasteiger partial charge in [0.25, 0.3) is 5.91 Å². The lowest BCUT2D eigenvalue weighted by Gasteiger charge is -2.28. The highest BCUT2D eigenvalue weighted by Crippen LogP contribution is 2.24. The summed E-state index contributed by atoms with van der Waals surface area (Å²) in [7, 11) is -3.57. The Balaban J connectivity index is 1.45. The van der Waals surface area contributed by atoms with E-state index in [1.165, 1.54) is 11.3 Å². The predicted molar refractivity (Wildman–Crippen MR) is 101 cm³/mol. The third-order valence-corrected chi connectivity index (χ3v) is 6.97. The number of nitrogens with zero attached hydrogens (tertiary/aromatic N) is 2. The Hall–Kier alpha value is -1.81. The van der Waals surface area contributed by atoms with E-state index in [1.807, 2.05) is 0 Å². The van der Waals surface area contributed by atoms with Crippen molar-refractivity contribution >= 4 is 27.3 Å². The molecule has 1 N–H and O–H groups in total. The Morgan fingerprint density at radius 2 is 2.26 bits per heavy atom. The Kier molecular flexibility index (Phi) is 5.27. The molecule has 9 heteroatoms. The van der Waals surface area contributed by atoms with Crippen molar-refractivity contribution in [3.8, 4) is 0 Å². The van der Waals surface area contributed by atoms with Crippen molar-refractivity contribution in [2.45, 2.75) is 36.8 Å². The molecule has 0 aliphatic carbocycles. The second-order valence-electron chi connectivity index (χ2n) is 6.77. The van der Waals surface area contributed by atoms with Crippen LogP contribution in [0.1, 0.15) is 34.5 Å². The number of fused-ring (bicyclic) bond motifs is 1. The van der Waals surface area contributed by atoms with Gasteiger partial charge in [-0.2, -0.15) is 0 Å². The summed E-state index contributed by atoms with van der Waals surface area (Å²) in [5, 5.41) is 1.74. The van der Waals surface area contributed by atoms with Crippen LogP contribution < -0.4 is 4.72 Å². The summed E-state index contributed by atoms with van der Waals surface area (Å²) < 4.78 is 33.2. The van der Waals surface area contributed by atoms with Crippen molar-refractivity contribution in [2.75, 3.05) is 19.7 Å². The number of hydrogen-bond acceptors (Lipinski definition) is 6. The van der Waals surface area contributed by atoms with Crippen LogP contribution in [0, 0.1) is 0 Å². The summed E-state index contributed by atoms with van der Waals surface area (Å²) in [4.78, 5) is 18.6. The van der Waals surface area contributed by atoms with Gasteiger partial charge in [-0.25, -0.2) is 18.1 Å². The lowest BCUT2D eigenvalue weighted by Crippen LogP contribution is -2.36. The van der Waals surface area contributed by atoms with Gasteiger partial charge < -0.3 is 9.64 Å². The molecule has 2 aliphatic heterocycles. The molecule has 0 radical (unpaired) electrons. The molecule has 1 atom stereocenters. The highest BCUT2D eigenvalue weighted by molar-refractivity contribution is 7.89. The van der Waals surface area contributed by atoms with Gasteiger partial charge in [0.1, 0.15) is 5.69 Å². The summed E-state index contributed by atoms with van der Waals surface area (Å²) in [5.74, 6) is -0.0863. The van der Waals surface area contributed by atoms with E-state index in [0.29, 0.717) is 38.4 Å². The van der Waals surface area contributed by atoms with Crippen molar-refractivity contribution in [2.24, 2.45) is 0 Å². The fraction of sp³-hybridized carbons (Fsp3) is 0.444. The van der Waals surface area contributed by atoms with Crippen molar-refractivity contribution < 1.29 is 17.9 Å². The number of carbonyl (C=O) groups is 1. The second-order valence-corrected chi connectivity index (χ2v) is 9.25. The van der Waals surface area contributed by atoms with Crippen LogP contribution in [0.3, 0.4) is 0 Å². The number of thiazole rings is 1. The van der Waals surface area contributed by atoms with Crippen LogP contribution in [0.25, 0.3) is 0 Å². The van der Waals surface area contributed by atoms with Crippen molar-refractivity contribution in [1.82, 2.24) is 14.6 Å². The molecule has 1 aromatic carbocycles. The smallest absolute Gasteiger partial charge is 0.273 e. The van der Waals surface area contributed by atoms with Crippen LogP contribution in [-0.4, -0.2) is 50.0 Å². The second kappa shape index (κ2) is 7.67. The van der Waals surface area contributed by atoms with Gasteiger partial charge in [0, 0.05) is 31.6 Å². The molecule has 7 nitrogen and oxygen atoms in total. The first-order chi connectivity index (χ1) is 13.0. The van der Waals surface area contributed by atoms with E-state index in [1.54, 1.807) is 34.0 Å². The third kappa shape index (κ3) is 4.06. The van der Waals surface area contributed by atoms with Crippen LogP contribution in [0.2, 0.25) is 0 Å². The fourth-order valence-corrected chi connectivity index (χ4v) is 5.08. The monoisotopic (exact) mass is 407 g/mol. The first-order valence-electron chi connectivity index (χ1n) is 8.93. The quantitative estimate of drug-likeness (QED) is 0.816. The van der Waals surface area contributed by atoms with Gasteiger partial charge in [0.2, 0.25) is 10.0 Å². The summed E-state index contributed by atoms with van der Waals surface area (Å²) in [6.45, 7) is 2.02. The summed E-state index contributed by atoms with van der Waals surface area (Å²) in [6.07, 6.45) is 2.44. The predicted octanol–water partition coefficient (Wildman–Crippen LogP) is 1.80. The number of hydrogen-bond donors (Lipinski definition) is 1. The fourth-order valence-electron chi connectivity index (χ4n) is 3.44. The molecule has 0 spiro atoms. The molecule has 1 fully saturated rings. The minimum Gasteiger partial charge on any atom is -0.377 e. The van der Waals surface area contributed by atoms with Crippen LogP contribution in [0.15, 0.2) is 34.0 Å². The van der Waals surface area contributed by atoms with Gasteiger partial charge >= 0.3 is 0 Å². The summed E-state index contributed by atoms with van der Waals surface area (Å²) in [5.41, 5.74) is 4.05. The first-order valence-corrected chi connectivity index (χ1v) is 11.4. The average Bonchev–Trinajstić information content (AvgIpc) is 3.39. The Labute approximate surface area is 162 Å². The molecule has 1 saturated heterocycles. The molecule has 2 aromatic rings. The molecule has 0 unspecified atom stereocenters. The van der Waals surface area contributed by atoms with Gasteiger partial charge in [0.05, 0.1) is 16.5 Å². The number of amides is 1. The maximum absolute atomic E-state index is 12.6. The summed E-state index contributed by atoms with van der Waals surface area (Å²) >= 11 is 1.39. The lowest BCUT2D eigenvalue weighted by molar-refractivity contribution is 0.0729. The largest absolute Gasteiger partial charge is 0.377 e. The minimum atomic E-state index is -3.57. The third-order valence-electron chi connectivity index (χ3n) is 4.96.